The van der Waals surface area contributed by atoms with Crippen LogP contribution < -0.4 is 9.64 Å². The molecule has 0 radical (unpaired) electrons. The summed E-state index contributed by atoms with van der Waals surface area (Å²) in [6.45, 7) is 11.0. The third-order valence-electron chi connectivity index (χ3n) is 4.90. The largest absolute Gasteiger partial charge is 0.495 e. The second-order valence-corrected chi connectivity index (χ2v) is 7.99. The molecule has 1 saturated heterocycles. The van der Waals surface area contributed by atoms with Gasteiger partial charge in [-0.1, -0.05) is 32.9 Å². The number of piperazine rings is 1. The summed E-state index contributed by atoms with van der Waals surface area (Å²) in [7, 11) is 1.68. The molecule has 1 amide bonds. The minimum absolute atomic E-state index is 0.0920. The number of carbonyl (C=O) groups is 1. The Balaban J connectivity index is 1.61. The van der Waals surface area contributed by atoms with Crippen molar-refractivity contribution in [2.75, 3.05) is 38.2 Å². The van der Waals surface area contributed by atoms with Crippen molar-refractivity contribution in [3.05, 3.63) is 41.6 Å². The first-order valence-electron chi connectivity index (χ1n) is 9.42. The number of nitrogens with zero attached hydrogens (tertiary/aromatic N) is 3. The highest BCUT2D eigenvalue weighted by molar-refractivity contribution is 5.78. The number of methoxy groups -OCH3 is 1. The van der Waals surface area contributed by atoms with Gasteiger partial charge in [-0.2, -0.15) is 0 Å². The summed E-state index contributed by atoms with van der Waals surface area (Å²) in [5, 5.41) is 0. The lowest BCUT2D eigenvalue weighted by atomic mass is 9.97. The lowest BCUT2D eigenvalue weighted by Gasteiger charge is -2.36. The summed E-state index contributed by atoms with van der Waals surface area (Å²) in [6.07, 6.45) is 0.267. The molecule has 2 aromatic rings. The number of carbonyl (C=O) groups excluding carboxylic acids is 1. The molecule has 0 saturated carbocycles. The molecule has 27 heavy (non-hydrogen) atoms. The van der Waals surface area contributed by atoms with Crippen molar-refractivity contribution < 1.29 is 13.9 Å². The van der Waals surface area contributed by atoms with Gasteiger partial charge in [-0.15, -0.1) is 0 Å². The predicted octanol–water partition coefficient (Wildman–Crippen LogP) is 3.18. The zero-order chi connectivity index (χ0) is 19.6. The first-order valence-corrected chi connectivity index (χ1v) is 9.42. The highest BCUT2D eigenvalue weighted by Gasteiger charge is 2.26. The molecule has 0 bridgehead atoms. The lowest BCUT2D eigenvalue weighted by Crippen LogP contribution is -2.49. The molecule has 0 atom stereocenters. The summed E-state index contributed by atoms with van der Waals surface area (Å²) in [6, 6.07) is 8.00. The summed E-state index contributed by atoms with van der Waals surface area (Å²) in [5.41, 5.74) is 1.72. The molecule has 146 valence electrons. The Morgan fingerprint density at radius 3 is 2.44 bits per heavy atom. The van der Waals surface area contributed by atoms with E-state index in [9.17, 15) is 4.79 Å². The molecule has 0 spiro atoms. The molecular formula is C21H29N3O3. The Morgan fingerprint density at radius 2 is 1.85 bits per heavy atom. The van der Waals surface area contributed by atoms with Gasteiger partial charge < -0.3 is 19.0 Å². The van der Waals surface area contributed by atoms with E-state index in [1.165, 1.54) is 0 Å². The van der Waals surface area contributed by atoms with Crippen LogP contribution in [-0.2, 0) is 16.6 Å². The molecular weight excluding hydrogens is 342 g/mol. The van der Waals surface area contributed by atoms with Crippen LogP contribution in [0.1, 0.15) is 38.1 Å². The maximum atomic E-state index is 12.7. The van der Waals surface area contributed by atoms with E-state index in [1.807, 2.05) is 30.0 Å². The van der Waals surface area contributed by atoms with E-state index in [-0.39, 0.29) is 17.7 Å². The van der Waals surface area contributed by atoms with Gasteiger partial charge in [0.25, 0.3) is 0 Å². The van der Waals surface area contributed by atoms with Gasteiger partial charge in [0, 0.05) is 31.6 Å². The normalized spacial score (nSPS) is 15.1. The molecule has 0 unspecified atom stereocenters. The molecule has 1 aliphatic heterocycles. The third-order valence-corrected chi connectivity index (χ3v) is 4.90. The molecule has 1 aliphatic rings. The van der Waals surface area contributed by atoms with Crippen LogP contribution in [0.25, 0.3) is 0 Å². The standard InChI is InChI=1S/C21H29N3O3/c1-15-18(27-20(22-15)21(2,3)4)14-19(25)24-12-10-23(11-13-24)16-8-6-7-9-17(16)26-5/h6-9H,10-14H2,1-5H3. The number of benzene rings is 1. The molecule has 3 rings (SSSR count). The number of para-hydroxylation sites is 2. The number of aromatic nitrogens is 1. The van der Waals surface area contributed by atoms with E-state index >= 15 is 0 Å². The first-order chi connectivity index (χ1) is 12.8. The SMILES string of the molecule is COc1ccccc1N1CCN(C(=O)Cc2oc(C(C)(C)C)nc2C)CC1. The fourth-order valence-electron chi connectivity index (χ4n) is 3.25. The zero-order valence-electron chi connectivity index (χ0n) is 16.9. The second-order valence-electron chi connectivity index (χ2n) is 7.99. The van der Waals surface area contributed by atoms with Crippen molar-refractivity contribution in [3.63, 3.8) is 0 Å². The van der Waals surface area contributed by atoms with Gasteiger partial charge >= 0.3 is 0 Å². The van der Waals surface area contributed by atoms with E-state index in [0.29, 0.717) is 24.7 Å². The van der Waals surface area contributed by atoms with Crippen LogP contribution in [0.5, 0.6) is 5.75 Å². The van der Waals surface area contributed by atoms with Crippen molar-refractivity contribution in [2.45, 2.75) is 39.5 Å². The number of hydrogen-bond donors (Lipinski definition) is 0. The molecule has 1 aromatic heterocycles. The van der Waals surface area contributed by atoms with Crippen molar-refractivity contribution in [3.8, 4) is 5.75 Å². The summed E-state index contributed by atoms with van der Waals surface area (Å²) in [4.78, 5) is 21.4. The van der Waals surface area contributed by atoms with E-state index in [0.717, 1.165) is 30.2 Å². The fourth-order valence-corrected chi connectivity index (χ4v) is 3.25. The summed E-state index contributed by atoms with van der Waals surface area (Å²) >= 11 is 0. The quantitative estimate of drug-likeness (QED) is 0.826. The van der Waals surface area contributed by atoms with Gasteiger partial charge in [0.2, 0.25) is 5.91 Å². The predicted molar refractivity (Wildman–Crippen MR) is 105 cm³/mol. The zero-order valence-corrected chi connectivity index (χ0v) is 16.9. The second kappa shape index (κ2) is 7.62. The minimum atomic E-state index is -0.160. The molecule has 6 heteroatoms. The topological polar surface area (TPSA) is 58.8 Å². The van der Waals surface area contributed by atoms with Gasteiger partial charge in [-0.3, -0.25) is 4.79 Å². The number of hydrogen-bond acceptors (Lipinski definition) is 5. The molecule has 2 heterocycles. The number of oxazole rings is 1. The van der Waals surface area contributed by atoms with Crippen molar-refractivity contribution in [2.24, 2.45) is 0 Å². The van der Waals surface area contributed by atoms with Crippen LogP contribution in [0.3, 0.4) is 0 Å². The number of aryl methyl sites for hydroxylation is 1. The van der Waals surface area contributed by atoms with Gasteiger partial charge in [0.15, 0.2) is 5.89 Å². The van der Waals surface area contributed by atoms with Crippen molar-refractivity contribution >= 4 is 11.6 Å². The van der Waals surface area contributed by atoms with Crippen molar-refractivity contribution in [1.82, 2.24) is 9.88 Å². The molecule has 0 N–H and O–H groups in total. The van der Waals surface area contributed by atoms with E-state index < -0.39 is 0 Å². The number of amides is 1. The Bertz CT molecular complexity index is 799. The highest BCUT2D eigenvalue weighted by atomic mass is 16.5. The first kappa shape index (κ1) is 19.3. The minimum Gasteiger partial charge on any atom is -0.495 e. The Morgan fingerprint density at radius 1 is 1.19 bits per heavy atom. The Kier molecular flexibility index (Phi) is 5.44. The monoisotopic (exact) mass is 371 g/mol. The molecule has 6 nitrogen and oxygen atoms in total. The van der Waals surface area contributed by atoms with Gasteiger partial charge in [0.05, 0.1) is 24.9 Å². The average molecular weight is 371 g/mol. The van der Waals surface area contributed by atoms with E-state index in [4.69, 9.17) is 9.15 Å². The number of ether oxygens (including phenoxy) is 1. The summed E-state index contributed by atoms with van der Waals surface area (Å²) in [5.74, 6) is 2.32. The Hall–Kier alpha value is -2.50. The molecule has 1 aromatic carbocycles. The van der Waals surface area contributed by atoms with E-state index in [2.05, 4.69) is 36.7 Å². The third kappa shape index (κ3) is 4.26. The number of anilines is 1. The smallest absolute Gasteiger partial charge is 0.230 e. The molecule has 1 fully saturated rings. The lowest BCUT2D eigenvalue weighted by molar-refractivity contribution is -0.131. The van der Waals surface area contributed by atoms with Crippen molar-refractivity contribution in [1.29, 1.82) is 0 Å². The molecule has 0 aliphatic carbocycles. The fraction of sp³-hybridized carbons (Fsp3) is 0.524. The van der Waals surface area contributed by atoms with Crippen LogP contribution in [-0.4, -0.2) is 49.1 Å². The van der Waals surface area contributed by atoms with E-state index in [1.54, 1.807) is 7.11 Å². The van der Waals surface area contributed by atoms with Gasteiger partial charge in [0.1, 0.15) is 11.5 Å². The van der Waals surface area contributed by atoms with Crippen LogP contribution >= 0.6 is 0 Å². The van der Waals surface area contributed by atoms with Crippen LogP contribution in [0.2, 0.25) is 0 Å². The van der Waals surface area contributed by atoms with Crippen LogP contribution in [0, 0.1) is 6.92 Å². The Labute approximate surface area is 161 Å². The van der Waals surface area contributed by atoms with Gasteiger partial charge in [-0.05, 0) is 19.1 Å². The maximum absolute atomic E-state index is 12.7. The van der Waals surface area contributed by atoms with Crippen LogP contribution in [0.4, 0.5) is 5.69 Å². The average Bonchev–Trinajstić information content (AvgIpc) is 3.02. The summed E-state index contributed by atoms with van der Waals surface area (Å²) < 4.78 is 11.3. The van der Waals surface area contributed by atoms with Gasteiger partial charge in [-0.25, -0.2) is 4.98 Å². The maximum Gasteiger partial charge on any atom is 0.230 e. The van der Waals surface area contributed by atoms with Crippen LogP contribution in [0.15, 0.2) is 28.7 Å². The number of rotatable bonds is 4. The highest BCUT2D eigenvalue weighted by Crippen LogP contribution is 2.28.